The zero-order valence-electron chi connectivity index (χ0n) is 24.0. The van der Waals surface area contributed by atoms with Crippen molar-refractivity contribution in [1.82, 2.24) is 24.5 Å². The summed E-state index contributed by atoms with van der Waals surface area (Å²) >= 11 is 0. The van der Waals surface area contributed by atoms with Crippen LogP contribution in [0, 0.1) is 0 Å². The molecule has 13 heteroatoms. The minimum atomic E-state index is -1.12. The van der Waals surface area contributed by atoms with Crippen LogP contribution in [0.25, 0.3) is 33.3 Å². The molecule has 1 unspecified atom stereocenters. The minimum Gasteiger partial charge on any atom is -0.458 e. The first-order chi connectivity index (χ1) is 19.6. The Morgan fingerprint density at radius 1 is 1.07 bits per heavy atom. The number of nitrogens with zero attached hydrogens (tertiary/aromatic N) is 5. The van der Waals surface area contributed by atoms with E-state index in [1.54, 1.807) is 21.8 Å². The van der Waals surface area contributed by atoms with E-state index < -0.39 is 22.6 Å². The van der Waals surface area contributed by atoms with Crippen molar-refractivity contribution in [2.45, 2.75) is 39.8 Å². The summed E-state index contributed by atoms with van der Waals surface area (Å²) in [4.78, 5) is 16.1. The molecule has 0 fully saturated rings. The Balaban J connectivity index is 1.39. The van der Waals surface area contributed by atoms with Crippen LogP contribution in [-0.4, -0.2) is 72.5 Å². The van der Waals surface area contributed by atoms with Crippen LogP contribution in [0.3, 0.4) is 0 Å². The Bertz CT molecular complexity index is 1510. The number of aryl methyl sites for hydroxylation is 1. The van der Waals surface area contributed by atoms with Gasteiger partial charge in [0.05, 0.1) is 43.5 Å². The first-order valence-corrected chi connectivity index (χ1v) is 14.6. The van der Waals surface area contributed by atoms with Gasteiger partial charge in [0, 0.05) is 47.6 Å². The lowest BCUT2D eigenvalue weighted by molar-refractivity contribution is -0.160. The zero-order valence-corrected chi connectivity index (χ0v) is 24.9. The smallest absolute Gasteiger partial charge is 0.332 e. The Morgan fingerprint density at radius 3 is 2.51 bits per heavy atom. The number of esters is 1. The van der Waals surface area contributed by atoms with Crippen molar-refractivity contribution in [1.29, 1.82) is 0 Å². The maximum atomic E-state index is 11.8. The summed E-state index contributed by atoms with van der Waals surface area (Å²) in [6.07, 6.45) is 5.43. The highest BCUT2D eigenvalue weighted by molar-refractivity contribution is 7.86. The number of benzene rings is 1. The zero-order chi connectivity index (χ0) is 29.6. The molecule has 3 heterocycles. The van der Waals surface area contributed by atoms with E-state index in [0.717, 1.165) is 33.3 Å². The van der Waals surface area contributed by atoms with Crippen molar-refractivity contribution < 1.29 is 23.2 Å². The fourth-order valence-corrected chi connectivity index (χ4v) is 4.72. The van der Waals surface area contributed by atoms with E-state index in [0.29, 0.717) is 43.6 Å². The number of nitrogen functional groups attached to an aromatic ring is 1. The van der Waals surface area contributed by atoms with E-state index in [9.17, 15) is 9.00 Å². The van der Waals surface area contributed by atoms with E-state index in [1.807, 2.05) is 65.2 Å². The van der Waals surface area contributed by atoms with Gasteiger partial charge in [-0.15, -0.1) is 0 Å². The third-order valence-electron chi connectivity index (χ3n) is 5.96. The van der Waals surface area contributed by atoms with Crippen LogP contribution in [0.4, 0.5) is 11.5 Å². The molecular formula is C28H37N7O5S. The fraction of sp³-hybridized carbons (Fsp3) is 0.429. The molecule has 4 aromatic rings. The number of aromatic nitrogens is 5. The standard InChI is InChI=1S/C28H37N7O5S/c1-6-41(37)33-21-9-7-19(8-10-21)25-24-26(34(5)32-25)22(16-30-27(24)29)20-15-31-35(17-20)11-12-38-13-14-39-18-23(36)40-28(2,3)4/h7-10,15-17,33H,6,11-14,18H2,1-5H3,(H2,29,30). The van der Waals surface area contributed by atoms with Crippen LogP contribution >= 0.6 is 0 Å². The second kappa shape index (κ2) is 13.2. The van der Waals surface area contributed by atoms with E-state index in [2.05, 4.69) is 14.8 Å². The normalized spacial score (nSPS) is 12.5. The summed E-state index contributed by atoms with van der Waals surface area (Å²) < 4.78 is 34.5. The molecule has 220 valence electrons. The molecule has 0 aliphatic heterocycles. The average molecular weight is 584 g/mol. The number of nitrogens with two attached hydrogens (primary N) is 1. The van der Waals surface area contributed by atoms with Crippen LogP contribution < -0.4 is 10.5 Å². The number of carbonyl (C=O) groups is 1. The molecule has 0 saturated carbocycles. The molecule has 0 aliphatic carbocycles. The predicted octanol–water partition coefficient (Wildman–Crippen LogP) is 3.55. The molecule has 0 bridgehead atoms. The number of nitrogens with one attached hydrogen (secondary N) is 1. The number of ether oxygens (including phenoxy) is 3. The Hall–Kier alpha value is -3.81. The van der Waals surface area contributed by atoms with Crippen LogP contribution in [0.5, 0.6) is 0 Å². The molecule has 0 saturated heterocycles. The molecular weight excluding hydrogens is 546 g/mol. The van der Waals surface area contributed by atoms with Gasteiger partial charge in [-0.3, -0.25) is 9.36 Å². The molecule has 0 amide bonds. The summed E-state index contributed by atoms with van der Waals surface area (Å²) in [5.74, 6) is 0.508. The van der Waals surface area contributed by atoms with Crippen molar-refractivity contribution in [3.05, 3.63) is 42.9 Å². The lowest BCUT2D eigenvalue weighted by Crippen LogP contribution is -2.27. The number of anilines is 2. The van der Waals surface area contributed by atoms with Gasteiger partial charge in [0.2, 0.25) is 0 Å². The quantitative estimate of drug-likeness (QED) is 0.178. The predicted molar refractivity (Wildman–Crippen MR) is 159 cm³/mol. The Labute approximate surface area is 241 Å². The SMILES string of the molecule is CCS(=O)Nc1ccc(-c2nn(C)c3c(-c4cnn(CCOCCOCC(=O)OC(C)(C)C)c4)cnc(N)c23)cc1. The van der Waals surface area contributed by atoms with Crippen LogP contribution in [0.15, 0.2) is 42.9 Å². The largest absolute Gasteiger partial charge is 0.458 e. The first-order valence-electron chi connectivity index (χ1n) is 13.3. The summed E-state index contributed by atoms with van der Waals surface area (Å²) in [6.45, 7) is 8.80. The number of hydrogen-bond donors (Lipinski definition) is 2. The maximum absolute atomic E-state index is 11.8. The summed E-state index contributed by atoms with van der Waals surface area (Å²) in [5, 5.41) is 9.99. The molecule has 1 atom stereocenters. The molecule has 1 aromatic carbocycles. The molecule has 0 spiro atoms. The number of hydrogen-bond acceptors (Lipinski definition) is 9. The minimum absolute atomic E-state index is 0.105. The van der Waals surface area contributed by atoms with Gasteiger partial charge in [0.1, 0.15) is 34.7 Å². The third kappa shape index (κ3) is 7.90. The molecule has 12 nitrogen and oxygen atoms in total. The summed E-state index contributed by atoms with van der Waals surface area (Å²) in [7, 11) is 0.754. The van der Waals surface area contributed by atoms with E-state index in [1.165, 1.54) is 0 Å². The van der Waals surface area contributed by atoms with Crippen LogP contribution in [0.1, 0.15) is 27.7 Å². The highest BCUT2D eigenvalue weighted by Gasteiger charge is 2.20. The molecule has 4 rings (SSSR count). The van der Waals surface area contributed by atoms with E-state index in [4.69, 9.17) is 25.0 Å². The number of pyridine rings is 1. The van der Waals surface area contributed by atoms with Gasteiger partial charge in [0.25, 0.3) is 0 Å². The Morgan fingerprint density at radius 2 is 1.80 bits per heavy atom. The highest BCUT2D eigenvalue weighted by Crippen LogP contribution is 2.36. The molecule has 0 radical (unpaired) electrons. The van der Waals surface area contributed by atoms with Crippen LogP contribution in [0.2, 0.25) is 0 Å². The number of carbonyl (C=O) groups excluding carboxylic acids is 1. The topological polar surface area (TPSA) is 148 Å². The van der Waals surface area contributed by atoms with Gasteiger partial charge >= 0.3 is 5.97 Å². The summed E-state index contributed by atoms with van der Waals surface area (Å²) in [6, 6.07) is 7.58. The monoisotopic (exact) mass is 583 g/mol. The van der Waals surface area contributed by atoms with Crippen molar-refractivity contribution in [3.8, 4) is 22.4 Å². The van der Waals surface area contributed by atoms with Gasteiger partial charge in [-0.1, -0.05) is 19.1 Å². The van der Waals surface area contributed by atoms with Gasteiger partial charge in [0.15, 0.2) is 0 Å². The van der Waals surface area contributed by atoms with Gasteiger partial charge in [-0.05, 0) is 32.9 Å². The van der Waals surface area contributed by atoms with Crippen molar-refractivity contribution >= 4 is 39.4 Å². The Kier molecular flexibility index (Phi) is 9.73. The maximum Gasteiger partial charge on any atom is 0.332 e. The molecule has 3 N–H and O–H groups in total. The van der Waals surface area contributed by atoms with Crippen molar-refractivity contribution in [3.63, 3.8) is 0 Å². The lowest BCUT2D eigenvalue weighted by atomic mass is 10.0. The average Bonchev–Trinajstić information content (AvgIpc) is 3.53. The number of rotatable bonds is 13. The third-order valence-corrected chi connectivity index (χ3v) is 6.95. The lowest BCUT2D eigenvalue weighted by Gasteiger charge is -2.19. The molecule has 3 aromatic heterocycles. The molecule has 41 heavy (non-hydrogen) atoms. The van der Waals surface area contributed by atoms with Gasteiger partial charge in [-0.25, -0.2) is 14.0 Å². The summed E-state index contributed by atoms with van der Waals surface area (Å²) in [5.41, 5.74) is 10.7. The first kappa shape index (κ1) is 30.2. The second-order valence-corrected chi connectivity index (χ2v) is 11.8. The molecule has 0 aliphatic rings. The van der Waals surface area contributed by atoms with E-state index >= 15 is 0 Å². The fourth-order valence-electron chi connectivity index (χ4n) is 4.18. The van der Waals surface area contributed by atoms with Gasteiger partial charge < -0.3 is 24.7 Å². The van der Waals surface area contributed by atoms with Gasteiger partial charge in [-0.2, -0.15) is 10.2 Å². The van der Waals surface area contributed by atoms with Crippen molar-refractivity contribution in [2.24, 2.45) is 7.05 Å². The van der Waals surface area contributed by atoms with Crippen LogP contribution in [-0.2, 0) is 43.6 Å². The second-order valence-electron chi connectivity index (χ2n) is 10.3. The number of fused-ring (bicyclic) bond motifs is 1. The van der Waals surface area contributed by atoms with Crippen molar-refractivity contribution in [2.75, 3.05) is 42.6 Å². The van der Waals surface area contributed by atoms with E-state index in [-0.39, 0.29) is 6.61 Å². The highest BCUT2D eigenvalue weighted by atomic mass is 32.2.